The summed E-state index contributed by atoms with van der Waals surface area (Å²) in [5, 5.41) is 15.2. The Morgan fingerprint density at radius 2 is 2.20 bits per heavy atom. The molecular weight excluding hydrogens is 274 g/mol. The Hall–Kier alpha value is -1.82. The van der Waals surface area contributed by atoms with Gasteiger partial charge in [-0.2, -0.15) is 11.8 Å². The Labute approximate surface area is 121 Å². The lowest BCUT2D eigenvalue weighted by Crippen LogP contribution is -2.19. The van der Waals surface area contributed by atoms with Crippen LogP contribution >= 0.6 is 11.8 Å². The van der Waals surface area contributed by atoms with Crippen molar-refractivity contribution < 1.29 is 4.92 Å². The third-order valence-electron chi connectivity index (χ3n) is 2.91. The van der Waals surface area contributed by atoms with E-state index in [2.05, 4.69) is 17.2 Å². The SMILES string of the molecule is CCSCC(C)Nc1c([N+](=O)[O-])cnc2ccccc12. The first-order valence-corrected chi connectivity index (χ1v) is 7.65. The minimum Gasteiger partial charge on any atom is -0.376 e. The first-order valence-electron chi connectivity index (χ1n) is 6.50. The van der Waals surface area contributed by atoms with Crippen LogP contribution < -0.4 is 5.32 Å². The van der Waals surface area contributed by atoms with Crippen molar-refractivity contribution in [3.8, 4) is 0 Å². The van der Waals surface area contributed by atoms with E-state index in [4.69, 9.17) is 0 Å². The predicted octanol–water partition coefficient (Wildman–Crippen LogP) is 3.70. The predicted molar refractivity (Wildman–Crippen MR) is 84.5 cm³/mol. The van der Waals surface area contributed by atoms with Gasteiger partial charge in [-0.15, -0.1) is 0 Å². The van der Waals surface area contributed by atoms with Gasteiger partial charge < -0.3 is 5.32 Å². The van der Waals surface area contributed by atoms with Crippen LogP contribution in [0.2, 0.25) is 0 Å². The van der Waals surface area contributed by atoms with Gasteiger partial charge in [-0.05, 0) is 18.7 Å². The Kier molecular flexibility index (Phi) is 4.79. The number of benzene rings is 1. The van der Waals surface area contributed by atoms with Crippen molar-refractivity contribution >= 4 is 34.0 Å². The highest BCUT2D eigenvalue weighted by Crippen LogP contribution is 2.32. The third kappa shape index (κ3) is 3.19. The molecule has 20 heavy (non-hydrogen) atoms. The van der Waals surface area contributed by atoms with Crippen LogP contribution in [0.4, 0.5) is 11.4 Å². The number of nitrogens with zero attached hydrogens (tertiary/aromatic N) is 2. The molecule has 106 valence electrons. The Morgan fingerprint density at radius 1 is 1.45 bits per heavy atom. The van der Waals surface area contributed by atoms with E-state index >= 15 is 0 Å². The highest BCUT2D eigenvalue weighted by atomic mass is 32.2. The molecule has 1 N–H and O–H groups in total. The van der Waals surface area contributed by atoms with E-state index < -0.39 is 0 Å². The molecule has 0 saturated carbocycles. The lowest BCUT2D eigenvalue weighted by Gasteiger charge is -2.16. The molecule has 0 aliphatic carbocycles. The molecule has 0 aliphatic rings. The molecule has 1 unspecified atom stereocenters. The van der Waals surface area contributed by atoms with Gasteiger partial charge in [-0.1, -0.05) is 25.1 Å². The molecule has 2 rings (SSSR count). The normalized spacial score (nSPS) is 12.3. The number of pyridine rings is 1. The smallest absolute Gasteiger partial charge is 0.311 e. The van der Waals surface area contributed by atoms with Gasteiger partial charge in [0.15, 0.2) is 0 Å². The standard InChI is InChI=1S/C14H17N3O2S/c1-3-20-9-10(2)16-14-11-6-4-5-7-12(11)15-8-13(14)17(18)19/h4-8,10H,3,9H2,1-2H3,(H,15,16). The molecule has 1 heterocycles. The number of fused-ring (bicyclic) bond motifs is 1. The number of hydrogen-bond acceptors (Lipinski definition) is 5. The van der Waals surface area contributed by atoms with E-state index in [1.807, 2.05) is 43.0 Å². The van der Waals surface area contributed by atoms with Crippen molar-refractivity contribution in [1.29, 1.82) is 0 Å². The molecule has 1 aromatic carbocycles. The van der Waals surface area contributed by atoms with Crippen LogP contribution in [0.25, 0.3) is 10.9 Å². The molecule has 0 aliphatic heterocycles. The van der Waals surface area contributed by atoms with Crippen LogP contribution in [-0.4, -0.2) is 27.5 Å². The molecule has 0 bridgehead atoms. The maximum Gasteiger partial charge on any atom is 0.311 e. The number of aromatic nitrogens is 1. The zero-order valence-electron chi connectivity index (χ0n) is 11.5. The van der Waals surface area contributed by atoms with Crippen molar-refractivity contribution in [3.63, 3.8) is 0 Å². The van der Waals surface area contributed by atoms with Crippen molar-refractivity contribution in [2.75, 3.05) is 16.8 Å². The maximum absolute atomic E-state index is 11.2. The van der Waals surface area contributed by atoms with Crippen molar-refractivity contribution in [3.05, 3.63) is 40.6 Å². The van der Waals surface area contributed by atoms with Crippen LogP contribution in [0, 0.1) is 10.1 Å². The Morgan fingerprint density at radius 3 is 2.90 bits per heavy atom. The second kappa shape index (κ2) is 6.56. The summed E-state index contributed by atoms with van der Waals surface area (Å²) >= 11 is 1.81. The van der Waals surface area contributed by atoms with Gasteiger partial charge in [0, 0.05) is 17.2 Å². The van der Waals surface area contributed by atoms with Crippen LogP contribution in [-0.2, 0) is 0 Å². The second-order valence-electron chi connectivity index (χ2n) is 4.50. The molecule has 0 spiro atoms. The topological polar surface area (TPSA) is 68.1 Å². The molecular formula is C14H17N3O2S. The fraction of sp³-hybridized carbons (Fsp3) is 0.357. The largest absolute Gasteiger partial charge is 0.376 e. The Balaban J connectivity index is 2.41. The van der Waals surface area contributed by atoms with E-state index in [1.54, 1.807) is 0 Å². The van der Waals surface area contributed by atoms with Gasteiger partial charge in [0.2, 0.25) is 0 Å². The zero-order chi connectivity index (χ0) is 14.5. The van der Waals surface area contributed by atoms with Crippen LogP contribution in [0.15, 0.2) is 30.5 Å². The number of hydrogen-bond donors (Lipinski definition) is 1. The maximum atomic E-state index is 11.2. The van der Waals surface area contributed by atoms with Crippen LogP contribution in [0.5, 0.6) is 0 Å². The van der Waals surface area contributed by atoms with Gasteiger partial charge in [-0.3, -0.25) is 10.1 Å². The van der Waals surface area contributed by atoms with Crippen LogP contribution in [0.1, 0.15) is 13.8 Å². The number of nitrogens with one attached hydrogen (secondary N) is 1. The van der Waals surface area contributed by atoms with E-state index in [0.717, 1.165) is 22.4 Å². The highest BCUT2D eigenvalue weighted by Gasteiger charge is 2.19. The van der Waals surface area contributed by atoms with E-state index in [0.29, 0.717) is 5.69 Å². The molecule has 0 saturated heterocycles. The van der Waals surface area contributed by atoms with Crippen molar-refractivity contribution in [2.24, 2.45) is 0 Å². The third-order valence-corrected chi connectivity index (χ3v) is 4.06. The van der Waals surface area contributed by atoms with Gasteiger partial charge in [0.25, 0.3) is 0 Å². The molecule has 2 aromatic rings. The summed E-state index contributed by atoms with van der Waals surface area (Å²) in [6.07, 6.45) is 1.32. The quantitative estimate of drug-likeness (QED) is 0.649. The number of para-hydroxylation sites is 1. The minimum absolute atomic E-state index is 0.0250. The number of anilines is 1. The fourth-order valence-corrected chi connectivity index (χ4v) is 2.68. The average molecular weight is 291 g/mol. The summed E-state index contributed by atoms with van der Waals surface area (Å²) < 4.78 is 0. The summed E-state index contributed by atoms with van der Waals surface area (Å²) in [7, 11) is 0. The lowest BCUT2D eigenvalue weighted by molar-refractivity contribution is -0.384. The average Bonchev–Trinajstić information content (AvgIpc) is 2.45. The number of rotatable bonds is 6. The fourth-order valence-electron chi connectivity index (χ4n) is 2.00. The zero-order valence-corrected chi connectivity index (χ0v) is 12.3. The highest BCUT2D eigenvalue weighted by molar-refractivity contribution is 7.99. The summed E-state index contributed by atoms with van der Waals surface area (Å²) in [5.74, 6) is 1.94. The molecule has 1 atom stereocenters. The van der Waals surface area contributed by atoms with Gasteiger partial charge in [0.1, 0.15) is 11.9 Å². The van der Waals surface area contributed by atoms with Gasteiger partial charge >= 0.3 is 5.69 Å². The summed E-state index contributed by atoms with van der Waals surface area (Å²) in [6.45, 7) is 4.13. The first kappa shape index (κ1) is 14.6. The summed E-state index contributed by atoms with van der Waals surface area (Å²) in [4.78, 5) is 14.9. The number of nitro groups is 1. The monoisotopic (exact) mass is 291 g/mol. The summed E-state index contributed by atoms with van der Waals surface area (Å²) in [6, 6.07) is 7.61. The van der Waals surface area contributed by atoms with E-state index in [1.165, 1.54) is 6.20 Å². The Bertz CT molecular complexity index is 618. The number of thioether (sulfide) groups is 1. The van der Waals surface area contributed by atoms with Gasteiger partial charge in [-0.25, -0.2) is 4.98 Å². The van der Waals surface area contributed by atoms with Crippen molar-refractivity contribution in [2.45, 2.75) is 19.9 Å². The molecule has 0 fully saturated rings. The van der Waals surface area contributed by atoms with Gasteiger partial charge in [0.05, 0.1) is 10.4 Å². The minimum atomic E-state index is -0.387. The molecule has 0 amide bonds. The van der Waals surface area contributed by atoms with E-state index in [-0.39, 0.29) is 16.7 Å². The van der Waals surface area contributed by atoms with Crippen LogP contribution in [0.3, 0.4) is 0 Å². The molecule has 0 radical (unpaired) electrons. The second-order valence-corrected chi connectivity index (χ2v) is 5.82. The lowest BCUT2D eigenvalue weighted by atomic mass is 10.1. The molecule has 1 aromatic heterocycles. The van der Waals surface area contributed by atoms with E-state index in [9.17, 15) is 10.1 Å². The summed E-state index contributed by atoms with van der Waals surface area (Å²) in [5.41, 5.74) is 1.35. The van der Waals surface area contributed by atoms with Crippen molar-refractivity contribution in [1.82, 2.24) is 4.98 Å². The molecule has 5 nitrogen and oxygen atoms in total. The first-order chi connectivity index (χ1) is 9.63. The molecule has 6 heteroatoms.